The van der Waals surface area contributed by atoms with Crippen molar-refractivity contribution < 1.29 is 23.9 Å². The molecule has 0 aliphatic rings. The van der Waals surface area contributed by atoms with E-state index in [1.807, 2.05) is 36.4 Å². The predicted molar refractivity (Wildman–Crippen MR) is 104 cm³/mol. The Balaban J connectivity index is 2.00. The monoisotopic (exact) mass is 381 g/mol. The summed E-state index contributed by atoms with van der Waals surface area (Å²) in [6.07, 6.45) is 1.75. The molecule has 0 saturated heterocycles. The highest BCUT2D eigenvalue weighted by molar-refractivity contribution is 5.94. The normalized spacial score (nSPS) is 11.8. The maximum absolute atomic E-state index is 12.5. The number of benzene rings is 2. The molecule has 0 unspecified atom stereocenters. The lowest BCUT2D eigenvalue weighted by Gasteiger charge is -2.19. The van der Waals surface area contributed by atoms with Crippen LogP contribution in [0.25, 0.3) is 0 Å². The molecule has 1 atom stereocenters. The second-order valence-electron chi connectivity index (χ2n) is 6.25. The van der Waals surface area contributed by atoms with Gasteiger partial charge in [0.1, 0.15) is 6.61 Å². The maximum Gasteiger partial charge on any atom is 0.331 e. The molecule has 2 aromatic carbocycles. The van der Waals surface area contributed by atoms with Crippen LogP contribution in [0.4, 0.5) is 0 Å². The van der Waals surface area contributed by atoms with Gasteiger partial charge in [0.05, 0.1) is 12.1 Å². The largest absolute Gasteiger partial charge is 0.460 e. The van der Waals surface area contributed by atoms with Gasteiger partial charge in [-0.1, -0.05) is 48.5 Å². The SMILES string of the molecule is CC(C)OC(=O)/C=C/C(=O)OC[C@H](NC(=O)c1ccccc1)c1ccccc1. The van der Waals surface area contributed by atoms with Crippen LogP contribution in [0.15, 0.2) is 72.8 Å². The van der Waals surface area contributed by atoms with E-state index in [1.165, 1.54) is 0 Å². The third-order valence-electron chi connectivity index (χ3n) is 3.64. The Bertz CT molecular complexity index is 815. The Hall–Kier alpha value is -3.41. The molecule has 28 heavy (non-hydrogen) atoms. The summed E-state index contributed by atoms with van der Waals surface area (Å²) in [7, 11) is 0. The summed E-state index contributed by atoms with van der Waals surface area (Å²) >= 11 is 0. The topological polar surface area (TPSA) is 81.7 Å². The molecule has 0 aromatic heterocycles. The summed E-state index contributed by atoms with van der Waals surface area (Å²) in [5, 5.41) is 2.86. The molecule has 6 nitrogen and oxygen atoms in total. The lowest BCUT2D eigenvalue weighted by Crippen LogP contribution is -2.32. The van der Waals surface area contributed by atoms with Crippen molar-refractivity contribution in [3.05, 3.63) is 83.9 Å². The van der Waals surface area contributed by atoms with Gasteiger partial charge in [-0.2, -0.15) is 0 Å². The molecule has 146 valence electrons. The molecule has 0 radical (unpaired) electrons. The summed E-state index contributed by atoms with van der Waals surface area (Å²) in [5.74, 6) is -1.60. The van der Waals surface area contributed by atoms with Crippen LogP contribution < -0.4 is 5.32 Å². The number of carbonyl (C=O) groups is 3. The minimum absolute atomic E-state index is 0.0784. The van der Waals surface area contributed by atoms with Crippen molar-refractivity contribution in [1.29, 1.82) is 0 Å². The van der Waals surface area contributed by atoms with E-state index in [-0.39, 0.29) is 18.6 Å². The molecule has 6 heteroatoms. The van der Waals surface area contributed by atoms with Crippen LogP contribution in [-0.4, -0.2) is 30.6 Å². The van der Waals surface area contributed by atoms with Crippen LogP contribution in [0.3, 0.4) is 0 Å². The fourth-order valence-corrected chi connectivity index (χ4v) is 2.36. The van der Waals surface area contributed by atoms with E-state index < -0.39 is 18.0 Å². The van der Waals surface area contributed by atoms with Crippen LogP contribution in [0, 0.1) is 0 Å². The lowest BCUT2D eigenvalue weighted by molar-refractivity contribution is -0.143. The summed E-state index contributed by atoms with van der Waals surface area (Å²) in [4.78, 5) is 35.8. The average Bonchev–Trinajstić information content (AvgIpc) is 2.70. The van der Waals surface area contributed by atoms with Gasteiger partial charge in [-0.15, -0.1) is 0 Å². The van der Waals surface area contributed by atoms with Crippen LogP contribution >= 0.6 is 0 Å². The first kappa shape index (κ1) is 20.9. The molecule has 0 fully saturated rings. The van der Waals surface area contributed by atoms with E-state index in [0.29, 0.717) is 5.56 Å². The Labute approximate surface area is 164 Å². The number of ether oxygens (including phenoxy) is 2. The quantitative estimate of drug-likeness (QED) is 0.561. The molecule has 0 bridgehead atoms. The second-order valence-corrected chi connectivity index (χ2v) is 6.25. The number of hydrogen-bond acceptors (Lipinski definition) is 5. The molecule has 2 aromatic rings. The van der Waals surface area contributed by atoms with E-state index in [4.69, 9.17) is 9.47 Å². The minimum atomic E-state index is -0.699. The van der Waals surface area contributed by atoms with Crippen LogP contribution in [0.1, 0.15) is 35.8 Å². The number of hydrogen-bond donors (Lipinski definition) is 1. The van der Waals surface area contributed by atoms with Crippen molar-refractivity contribution in [2.75, 3.05) is 6.61 Å². The lowest BCUT2D eigenvalue weighted by atomic mass is 10.1. The fourth-order valence-electron chi connectivity index (χ4n) is 2.36. The van der Waals surface area contributed by atoms with Crippen LogP contribution in [0.2, 0.25) is 0 Å². The Kier molecular flexibility index (Phi) is 7.96. The van der Waals surface area contributed by atoms with Gasteiger partial charge >= 0.3 is 11.9 Å². The van der Waals surface area contributed by atoms with Crippen molar-refractivity contribution in [3.63, 3.8) is 0 Å². The van der Waals surface area contributed by atoms with Crippen LogP contribution in [0.5, 0.6) is 0 Å². The summed E-state index contributed by atoms with van der Waals surface area (Å²) < 4.78 is 10.1. The highest BCUT2D eigenvalue weighted by Gasteiger charge is 2.17. The molecule has 0 saturated carbocycles. The van der Waals surface area contributed by atoms with Gasteiger partial charge in [-0.25, -0.2) is 9.59 Å². The molecule has 0 heterocycles. The maximum atomic E-state index is 12.5. The zero-order valence-corrected chi connectivity index (χ0v) is 15.8. The molecule has 1 amide bonds. The number of amides is 1. The van der Waals surface area contributed by atoms with Crippen molar-refractivity contribution in [1.82, 2.24) is 5.32 Å². The number of rotatable bonds is 8. The second kappa shape index (κ2) is 10.7. The minimum Gasteiger partial charge on any atom is -0.460 e. The first-order valence-electron chi connectivity index (χ1n) is 8.92. The van der Waals surface area contributed by atoms with E-state index in [2.05, 4.69) is 5.32 Å². The Morgan fingerprint density at radius 2 is 1.46 bits per heavy atom. The zero-order valence-electron chi connectivity index (χ0n) is 15.8. The zero-order chi connectivity index (χ0) is 20.4. The van der Waals surface area contributed by atoms with Gasteiger partial charge in [0.25, 0.3) is 5.91 Å². The Morgan fingerprint density at radius 1 is 0.893 bits per heavy atom. The van der Waals surface area contributed by atoms with Gasteiger partial charge in [0.15, 0.2) is 0 Å². The van der Waals surface area contributed by atoms with Gasteiger partial charge in [-0.3, -0.25) is 4.79 Å². The summed E-state index contributed by atoms with van der Waals surface area (Å²) in [5.41, 5.74) is 1.30. The number of nitrogens with one attached hydrogen (secondary N) is 1. The molecular formula is C22H23NO5. The van der Waals surface area contributed by atoms with Gasteiger partial charge in [0, 0.05) is 17.7 Å². The molecular weight excluding hydrogens is 358 g/mol. The third-order valence-corrected chi connectivity index (χ3v) is 3.64. The van der Waals surface area contributed by atoms with Crippen molar-refractivity contribution in [2.24, 2.45) is 0 Å². The van der Waals surface area contributed by atoms with Crippen molar-refractivity contribution in [2.45, 2.75) is 26.0 Å². The van der Waals surface area contributed by atoms with Gasteiger partial charge in [0.2, 0.25) is 0 Å². The number of carbonyl (C=O) groups excluding carboxylic acids is 3. The van der Waals surface area contributed by atoms with E-state index in [9.17, 15) is 14.4 Å². The smallest absolute Gasteiger partial charge is 0.331 e. The van der Waals surface area contributed by atoms with Crippen molar-refractivity contribution >= 4 is 17.8 Å². The summed E-state index contributed by atoms with van der Waals surface area (Å²) in [6, 6.07) is 17.4. The van der Waals surface area contributed by atoms with Gasteiger partial charge < -0.3 is 14.8 Å². The van der Waals surface area contributed by atoms with E-state index in [0.717, 1.165) is 17.7 Å². The highest BCUT2D eigenvalue weighted by Crippen LogP contribution is 2.14. The predicted octanol–water partition coefficient (Wildman–Crippen LogP) is 3.21. The Morgan fingerprint density at radius 3 is 2.07 bits per heavy atom. The molecule has 0 spiro atoms. The van der Waals surface area contributed by atoms with Crippen LogP contribution in [-0.2, 0) is 19.1 Å². The summed E-state index contributed by atoms with van der Waals surface area (Å²) in [6.45, 7) is 3.35. The number of esters is 2. The first-order valence-corrected chi connectivity index (χ1v) is 8.92. The van der Waals surface area contributed by atoms with Crippen molar-refractivity contribution in [3.8, 4) is 0 Å². The van der Waals surface area contributed by atoms with Gasteiger partial charge in [-0.05, 0) is 31.5 Å². The molecule has 0 aliphatic carbocycles. The molecule has 0 aliphatic heterocycles. The molecule has 1 N–H and O–H groups in total. The highest BCUT2D eigenvalue weighted by atomic mass is 16.5. The standard InChI is InChI=1S/C22H23NO5/c1-16(2)28-21(25)14-13-20(24)27-15-19(17-9-5-3-6-10-17)23-22(26)18-11-7-4-8-12-18/h3-14,16,19H,15H2,1-2H3,(H,23,26)/b14-13+/t19-/m0/s1. The van der Waals surface area contributed by atoms with E-state index in [1.54, 1.807) is 38.1 Å². The average molecular weight is 381 g/mol. The fraction of sp³-hybridized carbons (Fsp3) is 0.227. The first-order chi connectivity index (χ1) is 13.5. The van der Waals surface area contributed by atoms with E-state index >= 15 is 0 Å². The third kappa shape index (κ3) is 7.07. The molecule has 2 rings (SSSR count).